The van der Waals surface area contributed by atoms with E-state index in [0.29, 0.717) is 18.3 Å². The lowest BCUT2D eigenvalue weighted by atomic mass is 9.99. The molecular formula is C12H22ClNO. The second-order valence-electron chi connectivity index (χ2n) is 4.30. The van der Waals surface area contributed by atoms with Gasteiger partial charge < -0.3 is 4.90 Å². The third kappa shape index (κ3) is 4.02. The van der Waals surface area contributed by atoms with Crippen molar-refractivity contribution in [3.8, 4) is 0 Å². The third-order valence-electron chi connectivity index (χ3n) is 3.25. The van der Waals surface area contributed by atoms with Gasteiger partial charge in [0.15, 0.2) is 0 Å². The van der Waals surface area contributed by atoms with Crippen molar-refractivity contribution in [1.29, 1.82) is 0 Å². The molecule has 0 unspecified atom stereocenters. The molecule has 0 saturated heterocycles. The molecule has 1 aliphatic carbocycles. The SMILES string of the molecule is CCN(CCCl)C(=O)C1CCCCCC1. The van der Waals surface area contributed by atoms with Crippen LogP contribution in [0.3, 0.4) is 0 Å². The van der Waals surface area contributed by atoms with Crippen molar-refractivity contribution in [2.75, 3.05) is 19.0 Å². The number of halogens is 1. The predicted molar refractivity (Wildman–Crippen MR) is 64.2 cm³/mol. The fourth-order valence-corrected chi connectivity index (χ4v) is 2.51. The summed E-state index contributed by atoms with van der Waals surface area (Å²) in [5.41, 5.74) is 0. The van der Waals surface area contributed by atoms with E-state index in [1.807, 2.05) is 11.8 Å². The molecule has 0 N–H and O–H groups in total. The van der Waals surface area contributed by atoms with E-state index in [-0.39, 0.29) is 5.92 Å². The molecule has 0 aromatic heterocycles. The van der Waals surface area contributed by atoms with Crippen LogP contribution < -0.4 is 0 Å². The molecule has 88 valence electrons. The zero-order chi connectivity index (χ0) is 11.1. The van der Waals surface area contributed by atoms with Gasteiger partial charge in [-0.05, 0) is 19.8 Å². The Kier molecular flexibility index (Phi) is 6.07. The molecule has 1 rings (SSSR count). The molecule has 0 aromatic rings. The number of rotatable bonds is 4. The highest BCUT2D eigenvalue weighted by atomic mass is 35.5. The summed E-state index contributed by atoms with van der Waals surface area (Å²) < 4.78 is 0. The number of carbonyl (C=O) groups is 1. The molecular weight excluding hydrogens is 210 g/mol. The van der Waals surface area contributed by atoms with E-state index in [1.165, 1.54) is 25.7 Å². The van der Waals surface area contributed by atoms with Crippen LogP contribution >= 0.6 is 11.6 Å². The number of amides is 1. The summed E-state index contributed by atoms with van der Waals surface area (Å²) in [6.45, 7) is 3.52. The Bertz CT molecular complexity index is 188. The highest BCUT2D eigenvalue weighted by molar-refractivity contribution is 6.18. The molecule has 3 heteroatoms. The fourth-order valence-electron chi connectivity index (χ4n) is 2.31. The third-order valence-corrected chi connectivity index (χ3v) is 3.42. The molecule has 0 spiro atoms. The number of hydrogen-bond donors (Lipinski definition) is 0. The van der Waals surface area contributed by atoms with Crippen molar-refractivity contribution in [3.63, 3.8) is 0 Å². The van der Waals surface area contributed by atoms with Gasteiger partial charge in [-0.15, -0.1) is 11.6 Å². The van der Waals surface area contributed by atoms with E-state index in [0.717, 1.165) is 19.4 Å². The smallest absolute Gasteiger partial charge is 0.225 e. The maximum absolute atomic E-state index is 12.1. The van der Waals surface area contributed by atoms with Crippen molar-refractivity contribution < 1.29 is 4.79 Å². The van der Waals surface area contributed by atoms with Crippen LogP contribution in [0.25, 0.3) is 0 Å². The topological polar surface area (TPSA) is 20.3 Å². The van der Waals surface area contributed by atoms with Crippen LogP contribution in [-0.4, -0.2) is 29.8 Å². The lowest BCUT2D eigenvalue weighted by molar-refractivity contribution is -0.135. The first-order chi connectivity index (χ1) is 7.29. The second-order valence-corrected chi connectivity index (χ2v) is 4.67. The average Bonchev–Trinajstić information content (AvgIpc) is 2.53. The standard InChI is InChI=1S/C12H22ClNO/c1-2-14(10-9-13)12(15)11-7-5-3-4-6-8-11/h11H,2-10H2,1H3. The summed E-state index contributed by atoms with van der Waals surface area (Å²) in [7, 11) is 0. The van der Waals surface area contributed by atoms with Crippen LogP contribution in [0.2, 0.25) is 0 Å². The Morgan fingerprint density at radius 3 is 2.33 bits per heavy atom. The summed E-state index contributed by atoms with van der Waals surface area (Å²) in [6.07, 6.45) is 7.19. The van der Waals surface area contributed by atoms with E-state index in [9.17, 15) is 4.79 Å². The van der Waals surface area contributed by atoms with Crippen molar-refractivity contribution in [2.24, 2.45) is 5.92 Å². The first-order valence-electron chi connectivity index (χ1n) is 6.14. The first-order valence-corrected chi connectivity index (χ1v) is 6.67. The van der Waals surface area contributed by atoms with Crippen LogP contribution in [-0.2, 0) is 4.79 Å². The molecule has 1 aliphatic rings. The largest absolute Gasteiger partial charge is 0.342 e. The van der Waals surface area contributed by atoms with E-state index in [2.05, 4.69) is 0 Å². The molecule has 1 amide bonds. The van der Waals surface area contributed by atoms with Gasteiger partial charge in [-0.25, -0.2) is 0 Å². The van der Waals surface area contributed by atoms with E-state index < -0.39 is 0 Å². The van der Waals surface area contributed by atoms with Crippen LogP contribution in [0, 0.1) is 5.92 Å². The predicted octanol–water partition coefficient (Wildman–Crippen LogP) is 3.04. The fraction of sp³-hybridized carbons (Fsp3) is 0.917. The highest BCUT2D eigenvalue weighted by Crippen LogP contribution is 2.24. The second kappa shape index (κ2) is 7.10. The number of hydrogen-bond acceptors (Lipinski definition) is 1. The maximum Gasteiger partial charge on any atom is 0.225 e. The summed E-state index contributed by atoms with van der Waals surface area (Å²) in [5.74, 6) is 1.16. The molecule has 1 saturated carbocycles. The minimum absolute atomic E-state index is 0.274. The summed E-state index contributed by atoms with van der Waals surface area (Å²) in [5, 5.41) is 0. The molecule has 0 radical (unpaired) electrons. The van der Waals surface area contributed by atoms with E-state index in [1.54, 1.807) is 0 Å². The van der Waals surface area contributed by atoms with Crippen molar-refractivity contribution in [3.05, 3.63) is 0 Å². The molecule has 0 atom stereocenters. The van der Waals surface area contributed by atoms with E-state index >= 15 is 0 Å². The zero-order valence-corrected chi connectivity index (χ0v) is 10.4. The van der Waals surface area contributed by atoms with Gasteiger partial charge >= 0.3 is 0 Å². The van der Waals surface area contributed by atoms with Gasteiger partial charge in [-0.2, -0.15) is 0 Å². The maximum atomic E-state index is 12.1. The Morgan fingerprint density at radius 1 is 1.27 bits per heavy atom. The molecule has 0 bridgehead atoms. The van der Waals surface area contributed by atoms with Gasteiger partial charge in [0.25, 0.3) is 0 Å². The van der Waals surface area contributed by atoms with Crippen LogP contribution in [0.1, 0.15) is 45.4 Å². The minimum Gasteiger partial charge on any atom is -0.342 e. The monoisotopic (exact) mass is 231 g/mol. The quantitative estimate of drug-likeness (QED) is 0.538. The van der Waals surface area contributed by atoms with Crippen molar-refractivity contribution >= 4 is 17.5 Å². The first kappa shape index (κ1) is 12.8. The van der Waals surface area contributed by atoms with Gasteiger partial charge in [0.1, 0.15) is 0 Å². The van der Waals surface area contributed by atoms with Crippen LogP contribution in [0.15, 0.2) is 0 Å². The molecule has 1 fully saturated rings. The summed E-state index contributed by atoms with van der Waals surface area (Å²) >= 11 is 5.70. The Hall–Kier alpha value is -0.240. The van der Waals surface area contributed by atoms with Crippen LogP contribution in [0.5, 0.6) is 0 Å². The number of nitrogens with zero attached hydrogens (tertiary/aromatic N) is 1. The van der Waals surface area contributed by atoms with Gasteiger partial charge in [-0.3, -0.25) is 4.79 Å². The number of carbonyl (C=O) groups excluding carboxylic acids is 1. The number of alkyl halides is 1. The van der Waals surface area contributed by atoms with Gasteiger partial charge in [-0.1, -0.05) is 25.7 Å². The lowest BCUT2D eigenvalue weighted by Crippen LogP contribution is -2.37. The summed E-state index contributed by atoms with van der Waals surface area (Å²) in [4.78, 5) is 14.0. The van der Waals surface area contributed by atoms with Gasteiger partial charge in [0.2, 0.25) is 5.91 Å². The van der Waals surface area contributed by atoms with Crippen molar-refractivity contribution in [2.45, 2.75) is 45.4 Å². The Balaban J connectivity index is 2.47. The zero-order valence-electron chi connectivity index (χ0n) is 9.67. The van der Waals surface area contributed by atoms with E-state index in [4.69, 9.17) is 11.6 Å². The molecule has 0 aliphatic heterocycles. The minimum atomic E-state index is 0.274. The molecule has 15 heavy (non-hydrogen) atoms. The van der Waals surface area contributed by atoms with Gasteiger partial charge in [0, 0.05) is 24.9 Å². The van der Waals surface area contributed by atoms with Gasteiger partial charge in [0.05, 0.1) is 0 Å². The Labute approximate surface area is 98.0 Å². The lowest BCUT2D eigenvalue weighted by Gasteiger charge is -2.24. The molecule has 2 nitrogen and oxygen atoms in total. The van der Waals surface area contributed by atoms with Crippen molar-refractivity contribution in [1.82, 2.24) is 4.90 Å². The normalized spacial score (nSPS) is 18.5. The molecule has 0 aromatic carbocycles. The highest BCUT2D eigenvalue weighted by Gasteiger charge is 2.23. The van der Waals surface area contributed by atoms with Crippen LogP contribution in [0.4, 0.5) is 0 Å². The molecule has 0 heterocycles. The average molecular weight is 232 g/mol. The Morgan fingerprint density at radius 2 is 1.87 bits per heavy atom. The summed E-state index contributed by atoms with van der Waals surface area (Å²) in [6, 6.07) is 0.